The highest BCUT2D eigenvalue weighted by Crippen LogP contribution is 2.28. The van der Waals surface area contributed by atoms with Gasteiger partial charge in [-0.2, -0.15) is 0 Å². The molecule has 3 rings (SSSR count). The van der Waals surface area contributed by atoms with Gasteiger partial charge in [-0.15, -0.1) is 0 Å². The minimum atomic E-state index is -0.158. The third kappa shape index (κ3) is 5.26. The highest BCUT2D eigenvalue weighted by atomic mass is 35.5. The molecule has 0 radical (unpaired) electrons. The van der Waals surface area contributed by atoms with Crippen LogP contribution in [0.1, 0.15) is 48.5 Å². The van der Waals surface area contributed by atoms with Gasteiger partial charge in [0.2, 0.25) is 0 Å². The number of amides is 3. The standard InChI is InChI=1S/C22H26ClN3O2/c1-15(2)24-22(28)26-12-4-7-18(14-26)16-5-3-6-17(13-16)21(27)25-20-10-8-19(23)9-11-20/h3,5-6,8-11,13,15,18H,4,7,12,14H2,1-2H3,(H,24,28)(H,25,27)/t18-/m0/s1. The zero-order valence-corrected chi connectivity index (χ0v) is 17.0. The molecular formula is C22H26ClN3O2. The summed E-state index contributed by atoms with van der Waals surface area (Å²) < 4.78 is 0. The van der Waals surface area contributed by atoms with Gasteiger partial charge in [0.15, 0.2) is 0 Å². The van der Waals surface area contributed by atoms with Gasteiger partial charge in [0.05, 0.1) is 0 Å². The van der Waals surface area contributed by atoms with Crippen LogP contribution in [0, 0.1) is 0 Å². The average molecular weight is 400 g/mol. The van der Waals surface area contributed by atoms with E-state index in [2.05, 4.69) is 10.6 Å². The van der Waals surface area contributed by atoms with Crippen molar-refractivity contribution in [1.29, 1.82) is 0 Å². The number of piperidine rings is 1. The van der Waals surface area contributed by atoms with Crippen molar-refractivity contribution in [2.24, 2.45) is 0 Å². The normalized spacial score (nSPS) is 16.7. The molecular weight excluding hydrogens is 374 g/mol. The summed E-state index contributed by atoms with van der Waals surface area (Å²) in [5.41, 5.74) is 2.40. The maximum Gasteiger partial charge on any atom is 0.317 e. The molecule has 5 nitrogen and oxygen atoms in total. The first-order chi connectivity index (χ1) is 13.4. The number of benzene rings is 2. The van der Waals surface area contributed by atoms with Crippen molar-refractivity contribution < 1.29 is 9.59 Å². The largest absolute Gasteiger partial charge is 0.336 e. The summed E-state index contributed by atoms with van der Waals surface area (Å²) in [4.78, 5) is 26.8. The third-order valence-electron chi connectivity index (χ3n) is 4.84. The van der Waals surface area contributed by atoms with Gasteiger partial charge in [-0.05, 0) is 68.7 Å². The molecule has 0 aliphatic carbocycles. The number of anilines is 1. The van der Waals surface area contributed by atoms with Crippen molar-refractivity contribution in [3.8, 4) is 0 Å². The molecule has 0 bridgehead atoms. The topological polar surface area (TPSA) is 61.4 Å². The number of nitrogens with zero attached hydrogens (tertiary/aromatic N) is 1. The number of hydrogen-bond donors (Lipinski definition) is 2. The maximum absolute atomic E-state index is 12.6. The van der Waals surface area contributed by atoms with Crippen LogP contribution in [0.4, 0.5) is 10.5 Å². The van der Waals surface area contributed by atoms with Crippen LogP contribution in [-0.4, -0.2) is 36.0 Å². The molecule has 1 fully saturated rings. The van der Waals surface area contributed by atoms with Crippen molar-refractivity contribution in [2.75, 3.05) is 18.4 Å². The Balaban J connectivity index is 1.69. The fourth-order valence-electron chi connectivity index (χ4n) is 3.44. The van der Waals surface area contributed by atoms with Gasteiger partial charge in [0.1, 0.15) is 0 Å². The zero-order valence-electron chi connectivity index (χ0n) is 16.2. The van der Waals surface area contributed by atoms with Gasteiger partial charge >= 0.3 is 6.03 Å². The van der Waals surface area contributed by atoms with E-state index in [9.17, 15) is 9.59 Å². The van der Waals surface area contributed by atoms with Gasteiger partial charge in [-0.1, -0.05) is 23.7 Å². The smallest absolute Gasteiger partial charge is 0.317 e. The van der Waals surface area contributed by atoms with Crippen molar-refractivity contribution >= 4 is 29.2 Å². The number of halogens is 1. The van der Waals surface area contributed by atoms with Gasteiger partial charge in [-0.3, -0.25) is 4.79 Å². The Bertz CT molecular complexity index is 836. The number of rotatable bonds is 4. The number of carbonyl (C=O) groups excluding carboxylic acids is 2. The first-order valence-electron chi connectivity index (χ1n) is 9.64. The van der Waals surface area contributed by atoms with Crippen LogP contribution < -0.4 is 10.6 Å². The number of likely N-dealkylation sites (tertiary alicyclic amines) is 1. The van der Waals surface area contributed by atoms with Crippen LogP contribution in [0.25, 0.3) is 0 Å². The van der Waals surface area contributed by atoms with Crippen molar-refractivity contribution in [1.82, 2.24) is 10.2 Å². The lowest BCUT2D eigenvalue weighted by atomic mass is 9.89. The number of carbonyl (C=O) groups is 2. The Morgan fingerprint density at radius 3 is 2.61 bits per heavy atom. The Kier molecular flexibility index (Phi) is 6.57. The summed E-state index contributed by atoms with van der Waals surface area (Å²) in [6.07, 6.45) is 1.96. The van der Waals surface area contributed by atoms with Crippen LogP contribution in [0.5, 0.6) is 0 Å². The van der Waals surface area contributed by atoms with Crippen molar-refractivity contribution in [3.63, 3.8) is 0 Å². The fourth-order valence-corrected chi connectivity index (χ4v) is 3.57. The quantitative estimate of drug-likeness (QED) is 0.768. The third-order valence-corrected chi connectivity index (χ3v) is 5.10. The molecule has 1 saturated heterocycles. The monoisotopic (exact) mass is 399 g/mol. The number of hydrogen-bond acceptors (Lipinski definition) is 2. The number of urea groups is 1. The summed E-state index contributed by atoms with van der Waals surface area (Å²) in [6.45, 7) is 5.36. The Labute approximate surface area is 171 Å². The van der Waals surface area contributed by atoms with Crippen LogP contribution in [0.2, 0.25) is 5.02 Å². The van der Waals surface area contributed by atoms with E-state index in [1.54, 1.807) is 30.3 Å². The molecule has 1 aliphatic heterocycles. The van der Waals surface area contributed by atoms with Crippen LogP contribution >= 0.6 is 11.6 Å². The van der Waals surface area contributed by atoms with E-state index in [1.165, 1.54) is 0 Å². The molecule has 0 saturated carbocycles. The molecule has 2 N–H and O–H groups in total. The molecule has 2 aromatic carbocycles. The number of nitrogens with one attached hydrogen (secondary N) is 2. The predicted molar refractivity (Wildman–Crippen MR) is 113 cm³/mol. The van der Waals surface area contributed by atoms with Crippen LogP contribution in [0.3, 0.4) is 0 Å². The van der Waals surface area contributed by atoms with Gasteiger partial charge in [0, 0.05) is 41.3 Å². The van der Waals surface area contributed by atoms with Gasteiger partial charge < -0.3 is 15.5 Å². The molecule has 0 spiro atoms. The van der Waals surface area contributed by atoms with Crippen molar-refractivity contribution in [2.45, 2.75) is 38.6 Å². The lowest BCUT2D eigenvalue weighted by molar-refractivity contribution is 0.102. The molecule has 0 unspecified atom stereocenters. The molecule has 1 atom stereocenters. The van der Waals surface area contributed by atoms with E-state index in [1.807, 2.05) is 36.9 Å². The molecule has 2 aromatic rings. The van der Waals surface area contributed by atoms with E-state index in [0.29, 0.717) is 22.8 Å². The van der Waals surface area contributed by atoms with Crippen molar-refractivity contribution in [3.05, 3.63) is 64.7 Å². The summed E-state index contributed by atoms with van der Waals surface area (Å²) >= 11 is 5.89. The lowest BCUT2D eigenvalue weighted by Crippen LogP contribution is -2.47. The van der Waals surface area contributed by atoms with E-state index < -0.39 is 0 Å². The minimum absolute atomic E-state index is 0.0173. The molecule has 1 aliphatic rings. The van der Waals surface area contributed by atoms with Crippen LogP contribution in [0.15, 0.2) is 48.5 Å². The Morgan fingerprint density at radius 2 is 1.89 bits per heavy atom. The zero-order chi connectivity index (χ0) is 20.1. The van der Waals surface area contributed by atoms with E-state index in [0.717, 1.165) is 24.9 Å². The van der Waals surface area contributed by atoms with Crippen LogP contribution in [-0.2, 0) is 0 Å². The highest BCUT2D eigenvalue weighted by Gasteiger charge is 2.25. The first-order valence-corrected chi connectivity index (χ1v) is 10.0. The molecule has 28 heavy (non-hydrogen) atoms. The predicted octanol–water partition coefficient (Wildman–Crippen LogP) is 4.89. The highest BCUT2D eigenvalue weighted by molar-refractivity contribution is 6.30. The molecule has 148 valence electrons. The Hall–Kier alpha value is -2.53. The maximum atomic E-state index is 12.6. The summed E-state index contributed by atoms with van der Waals surface area (Å²) in [7, 11) is 0. The van der Waals surface area contributed by atoms with Gasteiger partial charge in [0.25, 0.3) is 5.91 Å². The SMILES string of the molecule is CC(C)NC(=O)N1CCC[C@H](c2cccc(C(=O)Nc3ccc(Cl)cc3)c2)C1. The first kappa shape index (κ1) is 20.2. The van der Waals surface area contributed by atoms with E-state index in [4.69, 9.17) is 11.6 Å². The second kappa shape index (κ2) is 9.11. The van der Waals surface area contributed by atoms with E-state index in [-0.39, 0.29) is 23.9 Å². The fraction of sp³-hybridized carbons (Fsp3) is 0.364. The molecule has 1 heterocycles. The lowest BCUT2D eigenvalue weighted by Gasteiger charge is -2.33. The molecule has 0 aromatic heterocycles. The Morgan fingerprint density at radius 1 is 1.14 bits per heavy atom. The minimum Gasteiger partial charge on any atom is -0.336 e. The second-order valence-corrected chi connectivity index (χ2v) is 7.91. The summed E-state index contributed by atoms with van der Waals surface area (Å²) in [5, 5.41) is 6.48. The van der Waals surface area contributed by atoms with E-state index >= 15 is 0 Å². The summed E-state index contributed by atoms with van der Waals surface area (Å²) in [5.74, 6) is 0.0735. The van der Waals surface area contributed by atoms with Gasteiger partial charge in [-0.25, -0.2) is 4.79 Å². The second-order valence-electron chi connectivity index (χ2n) is 7.48. The molecule has 3 amide bonds. The average Bonchev–Trinajstić information content (AvgIpc) is 2.69. The molecule has 6 heteroatoms. The summed E-state index contributed by atoms with van der Waals surface area (Å²) in [6, 6.07) is 14.8.